The van der Waals surface area contributed by atoms with Gasteiger partial charge in [0, 0.05) is 13.0 Å². The van der Waals surface area contributed by atoms with Gasteiger partial charge in [0.05, 0.1) is 11.3 Å². The van der Waals surface area contributed by atoms with Crippen molar-refractivity contribution in [3.8, 4) is 0 Å². The first-order valence-electron chi connectivity index (χ1n) is 6.51. The third-order valence-electron chi connectivity index (χ3n) is 3.32. The van der Waals surface area contributed by atoms with Crippen LogP contribution in [0.5, 0.6) is 0 Å². The van der Waals surface area contributed by atoms with Crippen LogP contribution in [0.1, 0.15) is 35.2 Å². The molecule has 2 amide bonds. The van der Waals surface area contributed by atoms with Crippen LogP contribution in [0.3, 0.4) is 0 Å². The summed E-state index contributed by atoms with van der Waals surface area (Å²) in [6.07, 6.45) is 1.56. The van der Waals surface area contributed by atoms with E-state index in [-0.39, 0.29) is 5.91 Å². The number of rotatable bonds is 5. The Hall–Kier alpha value is -2.21. The molecule has 1 aromatic carbocycles. The van der Waals surface area contributed by atoms with E-state index in [1.807, 2.05) is 13.0 Å². The fraction of sp³-hybridized carbons (Fsp3) is 0.357. The standard InChI is InChI=1S/C14H17N3O3/c1-9-5-6-11-10(8-9)13(19)14(20)17(11)7-3-2-4-12(18)16-15/h5-6,8H,2-4,7,15H2,1H3,(H,16,18). The SMILES string of the molecule is Cc1ccc2c(c1)C(=O)C(=O)N2CCCCC(=O)NN. The summed E-state index contributed by atoms with van der Waals surface area (Å²) in [6.45, 7) is 2.31. The number of benzene rings is 1. The Kier molecular flexibility index (Phi) is 4.14. The van der Waals surface area contributed by atoms with Crippen molar-refractivity contribution in [3.63, 3.8) is 0 Å². The Bertz CT molecular complexity index is 569. The first-order valence-corrected chi connectivity index (χ1v) is 6.51. The van der Waals surface area contributed by atoms with E-state index < -0.39 is 11.7 Å². The summed E-state index contributed by atoms with van der Waals surface area (Å²) in [4.78, 5) is 36.3. The first-order chi connectivity index (χ1) is 9.54. The third-order valence-corrected chi connectivity index (χ3v) is 3.32. The van der Waals surface area contributed by atoms with Crippen LogP contribution in [0.2, 0.25) is 0 Å². The van der Waals surface area contributed by atoms with Crippen LogP contribution in [0, 0.1) is 6.92 Å². The van der Waals surface area contributed by atoms with Crippen LogP contribution < -0.4 is 16.2 Å². The number of amides is 2. The average molecular weight is 275 g/mol. The van der Waals surface area contributed by atoms with E-state index in [0.717, 1.165) is 5.56 Å². The van der Waals surface area contributed by atoms with Gasteiger partial charge in [-0.2, -0.15) is 0 Å². The van der Waals surface area contributed by atoms with Gasteiger partial charge in [0.2, 0.25) is 5.91 Å². The van der Waals surface area contributed by atoms with Crippen molar-refractivity contribution in [2.24, 2.45) is 5.84 Å². The fourth-order valence-electron chi connectivity index (χ4n) is 2.26. The minimum atomic E-state index is -0.492. The lowest BCUT2D eigenvalue weighted by molar-refractivity contribution is -0.121. The smallest absolute Gasteiger partial charge is 0.299 e. The Labute approximate surface area is 116 Å². The molecule has 1 heterocycles. The average Bonchev–Trinajstić information content (AvgIpc) is 2.67. The topological polar surface area (TPSA) is 92.5 Å². The predicted molar refractivity (Wildman–Crippen MR) is 74.0 cm³/mol. The van der Waals surface area contributed by atoms with E-state index in [0.29, 0.717) is 37.1 Å². The fourth-order valence-corrected chi connectivity index (χ4v) is 2.26. The lowest BCUT2D eigenvalue weighted by Gasteiger charge is -2.16. The number of aryl methyl sites for hydroxylation is 1. The number of fused-ring (bicyclic) bond motifs is 1. The number of anilines is 1. The highest BCUT2D eigenvalue weighted by Crippen LogP contribution is 2.29. The molecule has 0 saturated heterocycles. The lowest BCUT2D eigenvalue weighted by atomic mass is 10.1. The number of nitrogens with one attached hydrogen (secondary N) is 1. The van der Waals surface area contributed by atoms with Crippen molar-refractivity contribution in [2.45, 2.75) is 26.2 Å². The second-order valence-electron chi connectivity index (χ2n) is 4.83. The molecular formula is C14H17N3O3. The molecule has 106 valence electrons. The quantitative estimate of drug-likeness (QED) is 0.272. The van der Waals surface area contributed by atoms with Crippen molar-refractivity contribution in [1.29, 1.82) is 0 Å². The molecule has 0 saturated carbocycles. The molecule has 0 atom stereocenters. The number of Topliss-reactive ketones (excluding diaryl/α,β-unsaturated/α-hetero) is 1. The molecule has 3 N–H and O–H groups in total. The Morgan fingerprint density at radius 1 is 1.30 bits per heavy atom. The summed E-state index contributed by atoms with van der Waals surface area (Å²) in [6, 6.07) is 5.40. The van der Waals surface area contributed by atoms with Gasteiger partial charge in [-0.05, 0) is 31.9 Å². The number of nitrogens with two attached hydrogens (primary N) is 1. The monoisotopic (exact) mass is 275 g/mol. The zero-order chi connectivity index (χ0) is 14.7. The molecule has 1 aromatic rings. The largest absolute Gasteiger partial charge is 0.305 e. The molecule has 0 aliphatic carbocycles. The van der Waals surface area contributed by atoms with E-state index in [2.05, 4.69) is 5.43 Å². The van der Waals surface area contributed by atoms with E-state index in [9.17, 15) is 14.4 Å². The molecule has 0 radical (unpaired) electrons. The van der Waals surface area contributed by atoms with Gasteiger partial charge in [0.1, 0.15) is 0 Å². The Balaban J connectivity index is 2.01. The van der Waals surface area contributed by atoms with Gasteiger partial charge in [0.25, 0.3) is 11.7 Å². The highest BCUT2D eigenvalue weighted by Gasteiger charge is 2.35. The van der Waals surface area contributed by atoms with Crippen molar-refractivity contribution >= 4 is 23.3 Å². The number of hydrogen-bond donors (Lipinski definition) is 2. The van der Waals surface area contributed by atoms with Crippen LogP contribution >= 0.6 is 0 Å². The molecule has 1 aliphatic heterocycles. The maximum Gasteiger partial charge on any atom is 0.299 e. The highest BCUT2D eigenvalue weighted by molar-refractivity contribution is 6.52. The number of carbonyl (C=O) groups excluding carboxylic acids is 3. The van der Waals surface area contributed by atoms with Gasteiger partial charge in [0.15, 0.2) is 0 Å². The van der Waals surface area contributed by atoms with Crippen molar-refractivity contribution in [1.82, 2.24) is 5.43 Å². The molecule has 0 spiro atoms. The van der Waals surface area contributed by atoms with Crippen LogP contribution in [0.25, 0.3) is 0 Å². The third kappa shape index (κ3) is 2.70. The van der Waals surface area contributed by atoms with E-state index in [1.54, 1.807) is 12.1 Å². The number of carbonyl (C=O) groups is 3. The zero-order valence-electron chi connectivity index (χ0n) is 11.3. The van der Waals surface area contributed by atoms with Gasteiger partial charge < -0.3 is 4.90 Å². The number of ketones is 1. The normalized spacial score (nSPS) is 13.6. The molecular weight excluding hydrogens is 258 g/mol. The molecule has 6 heteroatoms. The number of unbranched alkanes of at least 4 members (excludes halogenated alkanes) is 1. The lowest BCUT2D eigenvalue weighted by Crippen LogP contribution is -2.31. The Morgan fingerprint density at radius 3 is 2.75 bits per heavy atom. The second-order valence-corrected chi connectivity index (χ2v) is 4.83. The van der Waals surface area contributed by atoms with Crippen molar-refractivity contribution in [3.05, 3.63) is 29.3 Å². The summed E-state index contributed by atoms with van der Waals surface area (Å²) in [7, 11) is 0. The zero-order valence-corrected chi connectivity index (χ0v) is 11.3. The van der Waals surface area contributed by atoms with E-state index in [4.69, 9.17) is 5.84 Å². The summed E-state index contributed by atoms with van der Waals surface area (Å²) >= 11 is 0. The van der Waals surface area contributed by atoms with Crippen molar-refractivity contribution < 1.29 is 14.4 Å². The second kappa shape index (κ2) is 5.83. The van der Waals surface area contributed by atoms with Gasteiger partial charge in [-0.25, -0.2) is 5.84 Å². The van der Waals surface area contributed by atoms with Gasteiger partial charge in [-0.15, -0.1) is 0 Å². The van der Waals surface area contributed by atoms with Crippen LogP contribution in [0.15, 0.2) is 18.2 Å². The molecule has 2 rings (SSSR count). The minimum Gasteiger partial charge on any atom is -0.305 e. The molecule has 6 nitrogen and oxygen atoms in total. The molecule has 20 heavy (non-hydrogen) atoms. The molecule has 0 unspecified atom stereocenters. The van der Waals surface area contributed by atoms with Crippen LogP contribution in [-0.2, 0) is 9.59 Å². The molecule has 0 aromatic heterocycles. The number of nitrogens with zero attached hydrogens (tertiary/aromatic N) is 1. The van der Waals surface area contributed by atoms with Crippen LogP contribution in [-0.4, -0.2) is 24.1 Å². The molecule has 0 bridgehead atoms. The first kappa shape index (κ1) is 14.2. The maximum absolute atomic E-state index is 11.9. The highest BCUT2D eigenvalue weighted by atomic mass is 16.2. The van der Waals surface area contributed by atoms with E-state index >= 15 is 0 Å². The van der Waals surface area contributed by atoms with Gasteiger partial charge in [-0.3, -0.25) is 19.8 Å². The summed E-state index contributed by atoms with van der Waals surface area (Å²) in [5, 5.41) is 0. The summed E-state index contributed by atoms with van der Waals surface area (Å²) in [5.74, 6) is 3.81. The van der Waals surface area contributed by atoms with Crippen LogP contribution in [0.4, 0.5) is 5.69 Å². The van der Waals surface area contributed by atoms with E-state index in [1.165, 1.54) is 4.90 Å². The minimum absolute atomic E-state index is 0.232. The molecule has 1 aliphatic rings. The van der Waals surface area contributed by atoms with Gasteiger partial charge in [-0.1, -0.05) is 11.6 Å². The number of hydrazine groups is 1. The summed E-state index contributed by atoms with van der Waals surface area (Å²) < 4.78 is 0. The van der Waals surface area contributed by atoms with Gasteiger partial charge >= 0.3 is 0 Å². The maximum atomic E-state index is 11.9. The summed E-state index contributed by atoms with van der Waals surface area (Å²) in [5.41, 5.74) is 4.14. The molecule has 0 fully saturated rings. The van der Waals surface area contributed by atoms with Crippen molar-refractivity contribution in [2.75, 3.05) is 11.4 Å². The Morgan fingerprint density at radius 2 is 2.05 bits per heavy atom. The number of hydrogen-bond acceptors (Lipinski definition) is 4. The predicted octanol–water partition coefficient (Wildman–Crippen LogP) is 0.685.